The number of esters is 1. The molecule has 246 valence electrons. The number of allylic oxidation sites excluding steroid dienone is 1. The summed E-state index contributed by atoms with van der Waals surface area (Å²) >= 11 is 0. The highest BCUT2D eigenvalue weighted by atomic mass is 31.2. The lowest BCUT2D eigenvalue weighted by molar-refractivity contribution is -0.314. The van der Waals surface area contributed by atoms with Crippen molar-refractivity contribution in [3.8, 4) is 0 Å². The fraction of sp³-hybridized carbons (Fsp3) is 0.567. The molecule has 1 unspecified atom stereocenters. The van der Waals surface area contributed by atoms with Crippen LogP contribution in [0.15, 0.2) is 36.2 Å². The van der Waals surface area contributed by atoms with E-state index in [1.807, 2.05) is 13.8 Å². The van der Waals surface area contributed by atoms with Gasteiger partial charge in [0.1, 0.15) is 12.1 Å². The quantitative estimate of drug-likeness (QED) is 0.114. The van der Waals surface area contributed by atoms with Gasteiger partial charge in [-0.15, -0.1) is 0 Å². The number of amides is 3. The van der Waals surface area contributed by atoms with Crippen molar-refractivity contribution in [2.24, 2.45) is 17.8 Å². The molecule has 0 aliphatic carbocycles. The number of fused-ring (bicyclic) bond motifs is 2. The van der Waals surface area contributed by atoms with E-state index in [1.165, 1.54) is 12.5 Å². The lowest BCUT2D eigenvalue weighted by atomic mass is 10.0. The molecule has 0 fully saturated rings. The van der Waals surface area contributed by atoms with Crippen LogP contribution in [-0.4, -0.2) is 59.7 Å². The van der Waals surface area contributed by atoms with Gasteiger partial charge in [0.05, 0.1) is 13.5 Å². The number of carbonyl (C=O) groups is 4. The fourth-order valence-electron chi connectivity index (χ4n) is 4.44. The predicted molar refractivity (Wildman–Crippen MR) is 161 cm³/mol. The highest BCUT2D eigenvalue weighted by molar-refractivity contribution is 7.53. The topological polar surface area (TPSA) is 195 Å². The maximum Gasteiger partial charge on any atom is 0.335 e. The van der Waals surface area contributed by atoms with Gasteiger partial charge >= 0.3 is 13.6 Å². The molecule has 1 aromatic carbocycles. The van der Waals surface area contributed by atoms with Crippen LogP contribution in [0, 0.1) is 24.2 Å². The second kappa shape index (κ2) is 16.6. The molecule has 1 aromatic rings. The zero-order valence-corrected chi connectivity index (χ0v) is 27.2. The molecule has 2 rings (SSSR count). The summed E-state index contributed by atoms with van der Waals surface area (Å²) in [6.45, 7) is 10.5. The average molecular weight is 637 g/mol. The summed E-state index contributed by atoms with van der Waals surface area (Å²) < 4.78 is 23.9. The van der Waals surface area contributed by atoms with Gasteiger partial charge in [-0.2, -0.15) is 5.92 Å². The number of methoxy groups -OCH3 is 1. The first-order valence-corrected chi connectivity index (χ1v) is 16.2. The van der Waals surface area contributed by atoms with E-state index in [-0.39, 0.29) is 30.7 Å². The van der Waals surface area contributed by atoms with Crippen LogP contribution >= 0.6 is 7.60 Å². The smallest absolute Gasteiger partial charge is 0.335 e. The van der Waals surface area contributed by atoms with E-state index in [4.69, 9.17) is 9.26 Å². The summed E-state index contributed by atoms with van der Waals surface area (Å²) in [5.41, 5.74) is 1.23. The molecule has 0 saturated carbocycles. The van der Waals surface area contributed by atoms with E-state index >= 15 is 0 Å². The van der Waals surface area contributed by atoms with Crippen LogP contribution in [0.25, 0.3) is 0 Å². The van der Waals surface area contributed by atoms with Crippen LogP contribution in [0.2, 0.25) is 0 Å². The first-order valence-electron chi connectivity index (χ1n) is 14.6. The third-order valence-electron chi connectivity index (χ3n) is 6.61. The first-order chi connectivity index (χ1) is 20.5. The van der Waals surface area contributed by atoms with Crippen LogP contribution in [0.4, 0.5) is 0 Å². The number of rotatable bonds is 9. The molecule has 5 atom stereocenters. The molecule has 0 spiro atoms. The number of benzene rings is 1. The summed E-state index contributed by atoms with van der Waals surface area (Å²) in [5.74, 6) is -5.99. The molecule has 2 bridgehead atoms. The SMILES string of the molecule is COC(=O)[C@@H]1Cc2cccc(c2)CNC(=O)C[C@H](NC(=O)[C@@H](N/C([O-])=C\C(C)C)C(C)C)C(=O)N[C@@H]([CH-]C(C)C)P(=O)(O)O1. The molecule has 14 heteroatoms. The van der Waals surface area contributed by atoms with Gasteiger partial charge in [0.15, 0.2) is 6.10 Å². The van der Waals surface area contributed by atoms with Gasteiger partial charge in [-0.25, -0.2) is 4.79 Å². The molecule has 44 heavy (non-hydrogen) atoms. The van der Waals surface area contributed by atoms with Crippen LogP contribution < -0.4 is 26.4 Å². The maximum atomic E-state index is 13.6. The van der Waals surface area contributed by atoms with Crippen LogP contribution in [0.3, 0.4) is 0 Å². The molecule has 3 amide bonds. The Labute approximate surface area is 259 Å². The number of carbonyl (C=O) groups excluding carboxylic acids is 4. The molecular weight excluding hydrogens is 591 g/mol. The van der Waals surface area contributed by atoms with E-state index < -0.39 is 67.6 Å². The first kappa shape index (κ1) is 36.8. The molecule has 0 saturated heterocycles. The number of nitrogens with one attached hydrogen (secondary N) is 4. The van der Waals surface area contributed by atoms with Crippen molar-refractivity contribution in [2.75, 3.05) is 7.11 Å². The normalized spacial score (nSPS) is 24.5. The minimum Gasteiger partial charge on any atom is -0.861 e. The summed E-state index contributed by atoms with van der Waals surface area (Å²) in [5, 5.41) is 22.7. The van der Waals surface area contributed by atoms with Gasteiger partial charge in [0.2, 0.25) is 17.7 Å². The van der Waals surface area contributed by atoms with Crippen molar-refractivity contribution in [3.63, 3.8) is 0 Å². The molecule has 1 aliphatic rings. The lowest BCUT2D eigenvalue weighted by Gasteiger charge is -2.36. The Morgan fingerprint density at radius 3 is 2.41 bits per heavy atom. The van der Waals surface area contributed by atoms with Gasteiger partial charge in [-0.3, -0.25) is 29.9 Å². The molecular formula is C30H45N4O9P-2. The van der Waals surface area contributed by atoms with Crippen molar-refractivity contribution in [2.45, 2.75) is 84.9 Å². The molecule has 0 aromatic heterocycles. The maximum absolute atomic E-state index is 13.6. The van der Waals surface area contributed by atoms with Gasteiger partial charge < -0.3 is 36.0 Å². The van der Waals surface area contributed by atoms with E-state index in [0.717, 1.165) is 7.11 Å². The Morgan fingerprint density at radius 2 is 1.82 bits per heavy atom. The van der Waals surface area contributed by atoms with Crippen molar-refractivity contribution < 1.29 is 43.0 Å². The number of ether oxygens (including phenoxy) is 1. The standard InChI is InChI=1S/C30H46N4O9P/c1-17(2)11-25(36)33-27(19(5)6)29(38)32-22-15-24(35)31-16-21-10-8-9-20(13-21)14-23(30(39)42-7)43-44(40,41)26(12-18(3)4)34-28(22)37/h8-13,17-19,22-23,26-27,33,36H,14-16H2,1-7H3,(H,31,35)(H,32,38)(H,34,37)(H,40,41)/q-1/p-1/b25-11+/t22-,23-,26+,27-/m0/s1. The second-order valence-corrected chi connectivity index (χ2v) is 13.7. The van der Waals surface area contributed by atoms with Gasteiger partial charge in [-0.1, -0.05) is 71.9 Å². The van der Waals surface area contributed by atoms with Gasteiger partial charge in [-0.05, 0) is 28.8 Å². The Hall–Kier alpha value is -3.41. The van der Waals surface area contributed by atoms with Crippen molar-refractivity contribution in [3.05, 3.63) is 53.8 Å². The fourth-order valence-corrected chi connectivity index (χ4v) is 5.95. The van der Waals surface area contributed by atoms with E-state index in [0.29, 0.717) is 11.1 Å². The second-order valence-electron chi connectivity index (χ2n) is 11.8. The third kappa shape index (κ3) is 11.6. The minimum absolute atomic E-state index is 0.0661. The highest BCUT2D eigenvalue weighted by Gasteiger charge is 2.37. The summed E-state index contributed by atoms with van der Waals surface area (Å²) in [7, 11) is -3.68. The zero-order chi connectivity index (χ0) is 33.2. The predicted octanol–water partition coefficient (Wildman–Crippen LogP) is 1.25. The lowest BCUT2D eigenvalue weighted by Crippen LogP contribution is -2.57. The van der Waals surface area contributed by atoms with Crippen molar-refractivity contribution in [1.29, 1.82) is 0 Å². The van der Waals surface area contributed by atoms with Crippen LogP contribution in [0.5, 0.6) is 0 Å². The van der Waals surface area contributed by atoms with Gasteiger partial charge in [0, 0.05) is 18.7 Å². The highest BCUT2D eigenvalue weighted by Crippen LogP contribution is 2.50. The molecule has 1 aliphatic heterocycles. The Balaban J connectivity index is 2.51. The average Bonchev–Trinajstić information content (AvgIpc) is 2.92. The number of hydrogen-bond donors (Lipinski definition) is 5. The van der Waals surface area contributed by atoms with Crippen molar-refractivity contribution in [1.82, 2.24) is 21.3 Å². The summed E-state index contributed by atoms with van der Waals surface area (Å²) in [6, 6.07) is 4.29. The van der Waals surface area contributed by atoms with Crippen LogP contribution in [0.1, 0.15) is 59.1 Å². The van der Waals surface area contributed by atoms with Crippen molar-refractivity contribution >= 4 is 31.3 Å². The minimum atomic E-state index is -4.80. The van der Waals surface area contributed by atoms with Gasteiger partial charge in [0.25, 0.3) is 0 Å². The van der Waals surface area contributed by atoms with E-state index in [1.54, 1.807) is 52.0 Å². The summed E-state index contributed by atoms with van der Waals surface area (Å²) in [6.07, 6.45) is 0.665. The van der Waals surface area contributed by atoms with Crippen LogP contribution in [-0.2, 0) is 46.0 Å². The monoisotopic (exact) mass is 636 g/mol. The Morgan fingerprint density at radius 1 is 1.16 bits per heavy atom. The molecule has 0 radical (unpaired) electrons. The molecule has 13 nitrogen and oxygen atoms in total. The summed E-state index contributed by atoms with van der Waals surface area (Å²) in [4.78, 5) is 63.6. The van der Waals surface area contributed by atoms with E-state index in [9.17, 15) is 33.7 Å². The largest absolute Gasteiger partial charge is 0.861 e. The zero-order valence-electron chi connectivity index (χ0n) is 26.3. The molecule has 5 N–H and O–H groups in total. The number of hydrogen-bond acceptors (Lipinski definition) is 9. The Kier molecular flexibility index (Phi) is 13.9. The molecule has 1 heterocycles. The third-order valence-corrected chi connectivity index (χ3v) is 8.17. The van der Waals surface area contributed by atoms with E-state index in [2.05, 4.69) is 21.3 Å². The Bertz CT molecular complexity index is 1250.